The average molecular weight is 335 g/mol. The largest absolute Gasteiger partial charge is 0.548 e. The van der Waals surface area contributed by atoms with Gasteiger partial charge in [-0.2, -0.15) is 0 Å². The lowest BCUT2D eigenvalue weighted by atomic mass is 10.1. The number of carboxylic acids is 1. The molecule has 0 heterocycles. The number of sulfonamides is 1. The molecule has 0 radical (unpaired) electrons. The van der Waals surface area contributed by atoms with Crippen molar-refractivity contribution in [2.45, 2.75) is 24.8 Å². The third kappa shape index (κ3) is 3.79. The van der Waals surface area contributed by atoms with E-state index in [0.717, 1.165) is 4.47 Å². The van der Waals surface area contributed by atoms with Crippen LogP contribution in [0.15, 0.2) is 33.6 Å². The van der Waals surface area contributed by atoms with Crippen molar-refractivity contribution in [3.63, 3.8) is 0 Å². The number of carbonyl (C=O) groups excluding carboxylic acids is 1. The molecule has 0 spiro atoms. The summed E-state index contributed by atoms with van der Waals surface area (Å²) in [6.07, 6.45) is 0. The van der Waals surface area contributed by atoms with E-state index < -0.39 is 28.0 Å². The molecule has 0 saturated heterocycles. The van der Waals surface area contributed by atoms with Crippen LogP contribution in [0.2, 0.25) is 0 Å². The Balaban J connectivity index is 3.01. The van der Waals surface area contributed by atoms with Crippen LogP contribution in [0.3, 0.4) is 0 Å². The van der Waals surface area contributed by atoms with Gasteiger partial charge in [0.1, 0.15) is 0 Å². The number of aliphatic carboxylic acids is 1. The van der Waals surface area contributed by atoms with Crippen molar-refractivity contribution >= 4 is 31.9 Å². The standard InChI is InChI=1S/C11H14BrNO4S/c1-7(2)10(11(14)15)13-18(16,17)9-5-3-8(12)4-6-9/h3-7,10,13H,1-2H3,(H,14,15)/p-1/t10-/m1/s1. The molecule has 1 rings (SSSR count). The minimum Gasteiger partial charge on any atom is -0.548 e. The van der Waals surface area contributed by atoms with Crippen LogP contribution in [-0.4, -0.2) is 20.4 Å². The molecule has 0 bridgehead atoms. The number of nitrogens with one attached hydrogen (secondary N) is 1. The fraction of sp³-hybridized carbons (Fsp3) is 0.364. The molecule has 0 unspecified atom stereocenters. The second-order valence-electron chi connectivity index (χ2n) is 4.12. The summed E-state index contributed by atoms with van der Waals surface area (Å²) in [6, 6.07) is 4.66. The SMILES string of the molecule is CC(C)[C@@H](NS(=O)(=O)c1ccc(Br)cc1)C(=O)[O-]. The van der Waals surface area contributed by atoms with E-state index in [2.05, 4.69) is 20.7 Å². The van der Waals surface area contributed by atoms with Gasteiger partial charge in [0.25, 0.3) is 0 Å². The quantitative estimate of drug-likeness (QED) is 0.849. The molecule has 1 N–H and O–H groups in total. The molecule has 100 valence electrons. The molecule has 7 heteroatoms. The van der Waals surface area contributed by atoms with Gasteiger partial charge < -0.3 is 9.90 Å². The second-order valence-corrected chi connectivity index (χ2v) is 6.75. The summed E-state index contributed by atoms with van der Waals surface area (Å²) in [5.41, 5.74) is 0. The number of carbonyl (C=O) groups is 1. The predicted molar refractivity (Wildman–Crippen MR) is 68.1 cm³/mol. The minimum atomic E-state index is -3.86. The van der Waals surface area contributed by atoms with Crippen LogP contribution in [0.25, 0.3) is 0 Å². The first kappa shape index (κ1) is 15.1. The maximum absolute atomic E-state index is 11.9. The highest BCUT2D eigenvalue weighted by atomic mass is 79.9. The lowest BCUT2D eigenvalue weighted by molar-refractivity contribution is -0.309. The van der Waals surface area contributed by atoms with E-state index in [0.29, 0.717) is 0 Å². The molecule has 0 aliphatic heterocycles. The Morgan fingerprint density at radius 1 is 1.28 bits per heavy atom. The predicted octanol–water partition coefficient (Wildman–Crippen LogP) is 0.502. The zero-order valence-electron chi connectivity index (χ0n) is 9.88. The van der Waals surface area contributed by atoms with Crippen LogP contribution in [0.5, 0.6) is 0 Å². The number of hydrogen-bond acceptors (Lipinski definition) is 4. The van der Waals surface area contributed by atoms with E-state index in [1.54, 1.807) is 26.0 Å². The van der Waals surface area contributed by atoms with Gasteiger partial charge in [0.05, 0.1) is 16.9 Å². The van der Waals surface area contributed by atoms with Gasteiger partial charge in [0.2, 0.25) is 10.0 Å². The van der Waals surface area contributed by atoms with E-state index in [4.69, 9.17) is 0 Å². The van der Waals surface area contributed by atoms with E-state index in [1.807, 2.05) is 0 Å². The number of rotatable bonds is 5. The van der Waals surface area contributed by atoms with Crippen molar-refractivity contribution in [3.05, 3.63) is 28.7 Å². The second kappa shape index (κ2) is 5.81. The summed E-state index contributed by atoms with van der Waals surface area (Å²) in [6.45, 7) is 3.20. The highest BCUT2D eigenvalue weighted by molar-refractivity contribution is 9.10. The Hall–Kier alpha value is -0.920. The molecule has 1 aromatic carbocycles. The van der Waals surface area contributed by atoms with Crippen LogP contribution in [0.4, 0.5) is 0 Å². The van der Waals surface area contributed by atoms with Gasteiger partial charge >= 0.3 is 0 Å². The third-order valence-electron chi connectivity index (χ3n) is 2.33. The summed E-state index contributed by atoms with van der Waals surface area (Å²) in [5, 5.41) is 10.9. The molecule has 0 aliphatic carbocycles. The first-order valence-corrected chi connectivity index (χ1v) is 7.50. The van der Waals surface area contributed by atoms with Crippen molar-refractivity contribution in [2.75, 3.05) is 0 Å². The summed E-state index contributed by atoms with van der Waals surface area (Å²) in [4.78, 5) is 10.9. The van der Waals surface area contributed by atoms with Crippen molar-refractivity contribution < 1.29 is 18.3 Å². The van der Waals surface area contributed by atoms with Crippen molar-refractivity contribution in [3.8, 4) is 0 Å². The maximum atomic E-state index is 11.9. The number of benzene rings is 1. The van der Waals surface area contributed by atoms with Gasteiger partial charge in [-0.1, -0.05) is 29.8 Å². The van der Waals surface area contributed by atoms with Crippen LogP contribution >= 0.6 is 15.9 Å². The molecular weight excluding hydrogens is 322 g/mol. The third-order valence-corrected chi connectivity index (χ3v) is 4.31. The van der Waals surface area contributed by atoms with Gasteiger partial charge in [0.15, 0.2) is 0 Å². The van der Waals surface area contributed by atoms with Gasteiger partial charge in [-0.15, -0.1) is 0 Å². The van der Waals surface area contributed by atoms with E-state index in [1.165, 1.54) is 12.1 Å². The van der Waals surface area contributed by atoms with Crippen LogP contribution < -0.4 is 9.83 Å². The molecule has 0 aromatic heterocycles. The highest BCUT2D eigenvalue weighted by Gasteiger charge is 2.23. The molecule has 0 amide bonds. The lowest BCUT2D eigenvalue weighted by Crippen LogP contribution is -2.50. The minimum absolute atomic E-state index is 0.0117. The Morgan fingerprint density at radius 3 is 2.17 bits per heavy atom. The van der Waals surface area contributed by atoms with Gasteiger partial charge in [-0.05, 0) is 30.2 Å². The van der Waals surface area contributed by atoms with Crippen molar-refractivity contribution in [1.29, 1.82) is 0 Å². The van der Waals surface area contributed by atoms with Gasteiger partial charge in [-0.3, -0.25) is 0 Å². The Bertz CT molecular complexity index is 524. The summed E-state index contributed by atoms with van der Waals surface area (Å²) >= 11 is 3.19. The molecular formula is C11H13BrNO4S-. The van der Waals surface area contributed by atoms with Crippen molar-refractivity contribution in [1.82, 2.24) is 4.72 Å². The maximum Gasteiger partial charge on any atom is 0.241 e. The van der Waals surface area contributed by atoms with Crippen LogP contribution in [0, 0.1) is 5.92 Å². The summed E-state index contributed by atoms with van der Waals surface area (Å²) in [5.74, 6) is -1.84. The first-order valence-electron chi connectivity index (χ1n) is 5.23. The van der Waals surface area contributed by atoms with Crippen LogP contribution in [0.1, 0.15) is 13.8 Å². The normalized spacial score (nSPS) is 13.6. The van der Waals surface area contributed by atoms with Crippen LogP contribution in [-0.2, 0) is 14.8 Å². The number of halogens is 1. The highest BCUT2D eigenvalue weighted by Crippen LogP contribution is 2.15. The fourth-order valence-corrected chi connectivity index (χ4v) is 2.90. The summed E-state index contributed by atoms with van der Waals surface area (Å²) < 4.78 is 26.8. The zero-order chi connectivity index (χ0) is 13.9. The average Bonchev–Trinajstić information content (AvgIpc) is 2.26. The van der Waals surface area contributed by atoms with Crippen molar-refractivity contribution in [2.24, 2.45) is 5.92 Å². The zero-order valence-corrected chi connectivity index (χ0v) is 12.3. The molecule has 5 nitrogen and oxygen atoms in total. The molecule has 0 fully saturated rings. The first-order chi connectivity index (χ1) is 8.24. The number of carboxylic acid groups (broad SMARTS) is 1. The molecule has 0 saturated carbocycles. The molecule has 0 aliphatic rings. The topological polar surface area (TPSA) is 86.3 Å². The van der Waals surface area contributed by atoms with Gasteiger partial charge in [-0.25, -0.2) is 13.1 Å². The Morgan fingerprint density at radius 2 is 1.78 bits per heavy atom. The Kier molecular flexibility index (Phi) is 4.89. The number of hydrogen-bond donors (Lipinski definition) is 1. The molecule has 1 aromatic rings. The smallest absolute Gasteiger partial charge is 0.241 e. The Labute approximate surface area is 114 Å². The van der Waals surface area contributed by atoms with E-state index in [-0.39, 0.29) is 4.90 Å². The lowest BCUT2D eigenvalue weighted by Gasteiger charge is -2.23. The van der Waals surface area contributed by atoms with Gasteiger partial charge in [0, 0.05) is 4.47 Å². The fourth-order valence-electron chi connectivity index (χ4n) is 1.31. The van der Waals surface area contributed by atoms with E-state index >= 15 is 0 Å². The monoisotopic (exact) mass is 334 g/mol. The molecule has 1 atom stereocenters. The summed E-state index contributed by atoms with van der Waals surface area (Å²) in [7, 11) is -3.86. The molecule has 18 heavy (non-hydrogen) atoms. The van der Waals surface area contributed by atoms with E-state index in [9.17, 15) is 18.3 Å².